The minimum absolute atomic E-state index is 0. The molecule has 0 bridgehead atoms. The summed E-state index contributed by atoms with van der Waals surface area (Å²) in [4.78, 5) is 19.1. The number of carbonyl (C=O) groups is 2. The van der Waals surface area contributed by atoms with Crippen LogP contribution in [-0.4, -0.2) is 77.0 Å². The Morgan fingerprint density at radius 2 is 1.23 bits per heavy atom. The van der Waals surface area contributed by atoms with Crippen molar-refractivity contribution in [3.63, 3.8) is 0 Å². The SMILES string of the molecule is C=C.O=C([O-])CCCCCO.O=C([O-])CCO.O=S(=O)([O-])CC(O)CCCCO.[Na+]. The second-order valence-corrected chi connectivity index (χ2v) is 6.80. The van der Waals surface area contributed by atoms with Gasteiger partial charge in [0.25, 0.3) is 0 Å². The third-order valence-electron chi connectivity index (χ3n) is 2.70. The van der Waals surface area contributed by atoms with Crippen LogP contribution in [0.3, 0.4) is 0 Å². The van der Waals surface area contributed by atoms with Gasteiger partial charge in [0.15, 0.2) is 0 Å². The van der Waals surface area contributed by atoms with Gasteiger partial charge < -0.3 is 44.8 Å². The molecule has 0 fully saturated rings. The van der Waals surface area contributed by atoms with Gasteiger partial charge in [-0.15, -0.1) is 13.2 Å². The molecule has 0 radical (unpaired) electrons. The molecule has 0 saturated heterocycles. The van der Waals surface area contributed by atoms with E-state index < -0.39 is 33.9 Å². The fourth-order valence-electron chi connectivity index (χ4n) is 1.46. The summed E-state index contributed by atoms with van der Waals surface area (Å²) >= 11 is 0. The maximum absolute atomic E-state index is 10.1. The van der Waals surface area contributed by atoms with E-state index in [1.54, 1.807) is 0 Å². The van der Waals surface area contributed by atoms with E-state index in [-0.39, 0.29) is 68.6 Å². The first kappa shape index (κ1) is 39.9. The number of hydrogen-bond donors (Lipinski definition) is 4. The van der Waals surface area contributed by atoms with Gasteiger partial charge in [-0.25, -0.2) is 8.42 Å². The van der Waals surface area contributed by atoms with Gasteiger partial charge in [0, 0.05) is 38.2 Å². The van der Waals surface area contributed by atoms with E-state index in [0.29, 0.717) is 25.7 Å². The molecule has 0 rings (SSSR count). The Kier molecular flexibility index (Phi) is 40.7. The van der Waals surface area contributed by atoms with Gasteiger partial charge in [-0.2, -0.15) is 0 Å². The molecule has 1 unspecified atom stereocenters. The van der Waals surface area contributed by atoms with Crippen LogP contribution in [0.5, 0.6) is 0 Å². The van der Waals surface area contributed by atoms with Crippen molar-refractivity contribution in [1.82, 2.24) is 0 Å². The molecule has 0 aromatic heterocycles. The van der Waals surface area contributed by atoms with E-state index >= 15 is 0 Å². The van der Waals surface area contributed by atoms with Crippen molar-refractivity contribution in [3.8, 4) is 0 Å². The van der Waals surface area contributed by atoms with Crippen LogP contribution in [0.15, 0.2) is 13.2 Å². The summed E-state index contributed by atoms with van der Waals surface area (Å²) in [5.41, 5.74) is 0. The van der Waals surface area contributed by atoms with E-state index in [2.05, 4.69) is 13.2 Å². The van der Waals surface area contributed by atoms with Crippen LogP contribution >= 0.6 is 0 Å². The zero-order valence-corrected chi connectivity index (χ0v) is 20.3. The summed E-state index contributed by atoms with van der Waals surface area (Å²) in [6, 6.07) is 0. The average Bonchev–Trinajstić information content (AvgIpc) is 2.60. The molecule has 0 amide bonds. The van der Waals surface area contributed by atoms with E-state index in [1.165, 1.54) is 0 Å². The third kappa shape index (κ3) is 56.4. The topological polar surface area (TPSA) is 218 Å². The average molecular weight is 468 g/mol. The summed E-state index contributed by atoms with van der Waals surface area (Å²) < 4.78 is 30.3. The minimum Gasteiger partial charge on any atom is -0.748 e. The first-order valence-corrected chi connectivity index (χ1v) is 10.4. The van der Waals surface area contributed by atoms with E-state index in [1.807, 2.05) is 0 Å². The summed E-state index contributed by atoms with van der Waals surface area (Å²) in [5, 5.41) is 52.5. The maximum atomic E-state index is 10.1. The smallest absolute Gasteiger partial charge is 0.748 e. The zero-order valence-electron chi connectivity index (χ0n) is 17.5. The number of aliphatic hydroxyl groups is 4. The monoisotopic (exact) mass is 468 g/mol. The molecule has 0 aliphatic carbocycles. The molecule has 0 aromatic carbocycles. The zero-order chi connectivity index (χ0) is 23.7. The molecular weight excluding hydrogens is 435 g/mol. The number of aliphatic carboxylic acids is 2. The summed E-state index contributed by atoms with van der Waals surface area (Å²) in [5.74, 6) is -2.95. The van der Waals surface area contributed by atoms with E-state index in [0.717, 1.165) is 6.42 Å². The minimum atomic E-state index is -4.32. The predicted molar refractivity (Wildman–Crippen MR) is 100 cm³/mol. The number of carboxylic acids is 2. The van der Waals surface area contributed by atoms with Crippen LogP contribution in [0.25, 0.3) is 0 Å². The number of aliphatic hydroxyl groups excluding tert-OH is 4. The Morgan fingerprint density at radius 3 is 1.53 bits per heavy atom. The van der Waals surface area contributed by atoms with Gasteiger partial charge in [0.05, 0.1) is 22.0 Å². The van der Waals surface area contributed by atoms with Gasteiger partial charge in [0.2, 0.25) is 0 Å². The van der Waals surface area contributed by atoms with Crippen LogP contribution in [0, 0.1) is 0 Å². The molecule has 0 aliphatic rings. The molecule has 13 heteroatoms. The quantitative estimate of drug-likeness (QED) is 0.0863. The van der Waals surface area contributed by atoms with Crippen molar-refractivity contribution in [2.45, 2.75) is 57.5 Å². The summed E-state index contributed by atoms with van der Waals surface area (Å²) in [6.45, 7) is 5.83. The molecule has 4 N–H and O–H groups in total. The third-order valence-corrected chi connectivity index (χ3v) is 3.49. The molecule has 0 saturated carbocycles. The van der Waals surface area contributed by atoms with Crippen molar-refractivity contribution in [3.05, 3.63) is 13.2 Å². The number of unbranched alkanes of at least 4 members (excludes halogenated alkanes) is 3. The number of carboxylic acid groups (broad SMARTS) is 2. The standard InChI is InChI=1S/C6H14O5S.C6H12O3.C3H6O3.C2H4.Na/c7-4-2-1-3-6(8)5-12(9,10)11;7-5-3-1-2-4-6(8)9;4-2-1-3(5)6;1-2;/h6-8H,1-5H2,(H,9,10,11);7H,1-5H2,(H,8,9);4H,1-2H2,(H,5,6);1-2H2;/q;;;;+1/p-3. The molecule has 0 aliphatic heterocycles. The van der Waals surface area contributed by atoms with Crippen LogP contribution in [0.1, 0.15) is 51.4 Å². The Morgan fingerprint density at radius 1 is 0.800 bits per heavy atom. The Labute approximate surface area is 200 Å². The van der Waals surface area contributed by atoms with Crippen LogP contribution < -0.4 is 39.8 Å². The molecule has 0 aromatic rings. The molecule has 176 valence electrons. The van der Waals surface area contributed by atoms with Crippen LogP contribution in [0.2, 0.25) is 0 Å². The summed E-state index contributed by atoms with van der Waals surface area (Å²) in [7, 11) is -4.32. The van der Waals surface area contributed by atoms with Gasteiger partial charge in [0.1, 0.15) is 0 Å². The fraction of sp³-hybridized carbons (Fsp3) is 0.765. The number of hydrogen-bond acceptors (Lipinski definition) is 11. The first-order chi connectivity index (χ1) is 13.5. The Hall–Kier alpha value is -0.570. The maximum Gasteiger partial charge on any atom is 1.00 e. The normalized spacial score (nSPS) is 10.4. The largest absolute Gasteiger partial charge is 1.00 e. The summed E-state index contributed by atoms with van der Waals surface area (Å²) in [6.07, 6.45) is 2.09. The number of carbonyl (C=O) groups excluding carboxylic acids is 2. The van der Waals surface area contributed by atoms with Crippen molar-refractivity contribution in [2.24, 2.45) is 0 Å². The van der Waals surface area contributed by atoms with Crippen molar-refractivity contribution in [1.29, 1.82) is 0 Å². The molecule has 0 spiro atoms. The van der Waals surface area contributed by atoms with E-state index in [9.17, 15) is 32.8 Å². The van der Waals surface area contributed by atoms with Crippen LogP contribution in [-0.2, 0) is 19.7 Å². The van der Waals surface area contributed by atoms with Gasteiger partial charge in [-0.3, -0.25) is 0 Å². The fourth-order valence-corrected chi connectivity index (χ4v) is 2.10. The molecule has 11 nitrogen and oxygen atoms in total. The Balaban J connectivity index is -0.000000103. The Bertz CT molecular complexity index is 472. The molecular formula is C17H33NaO11S-2. The molecule has 30 heavy (non-hydrogen) atoms. The van der Waals surface area contributed by atoms with Gasteiger partial charge >= 0.3 is 29.6 Å². The molecule has 1 atom stereocenters. The second kappa shape index (κ2) is 30.6. The van der Waals surface area contributed by atoms with E-state index in [4.69, 9.17) is 20.4 Å². The first-order valence-electron chi connectivity index (χ1n) is 8.84. The van der Waals surface area contributed by atoms with Crippen molar-refractivity contribution < 1.29 is 82.8 Å². The number of rotatable bonds is 13. The van der Waals surface area contributed by atoms with Crippen LogP contribution in [0.4, 0.5) is 0 Å². The molecule has 0 heterocycles. The van der Waals surface area contributed by atoms with Gasteiger partial charge in [-0.05, 0) is 38.5 Å². The van der Waals surface area contributed by atoms with Gasteiger partial charge in [-0.1, -0.05) is 6.42 Å². The second-order valence-electron chi connectivity index (χ2n) is 5.35. The van der Waals surface area contributed by atoms with Crippen molar-refractivity contribution >= 4 is 22.1 Å². The predicted octanol–water partition coefficient (Wildman–Crippen LogP) is -5.73. The van der Waals surface area contributed by atoms with Crippen molar-refractivity contribution in [2.75, 3.05) is 25.6 Å².